The van der Waals surface area contributed by atoms with Gasteiger partial charge in [-0.3, -0.25) is 0 Å². The highest BCUT2D eigenvalue weighted by atomic mass is 14.7. The van der Waals surface area contributed by atoms with Crippen LogP contribution in [0.25, 0.3) is 0 Å². The van der Waals surface area contributed by atoms with E-state index >= 15 is 0 Å². The molecule has 10 heavy (non-hydrogen) atoms. The van der Waals surface area contributed by atoms with Crippen molar-refractivity contribution in [2.75, 3.05) is 6.54 Å². The summed E-state index contributed by atoms with van der Waals surface area (Å²) in [4.78, 5) is 0. The lowest BCUT2D eigenvalue weighted by Gasteiger charge is -2.27. The van der Waals surface area contributed by atoms with E-state index in [1.165, 1.54) is 25.7 Å². The Morgan fingerprint density at radius 3 is 1.80 bits per heavy atom. The van der Waals surface area contributed by atoms with Crippen LogP contribution in [0.2, 0.25) is 0 Å². The van der Waals surface area contributed by atoms with Crippen molar-refractivity contribution in [1.82, 2.24) is 0 Å². The summed E-state index contributed by atoms with van der Waals surface area (Å²) in [6, 6.07) is 0. The van der Waals surface area contributed by atoms with Crippen molar-refractivity contribution in [2.24, 2.45) is 23.0 Å². The van der Waals surface area contributed by atoms with Gasteiger partial charge in [0, 0.05) is 0 Å². The van der Waals surface area contributed by atoms with Crippen molar-refractivity contribution >= 4 is 0 Å². The Balaban J connectivity index is 2.22. The van der Waals surface area contributed by atoms with Gasteiger partial charge < -0.3 is 5.73 Å². The van der Waals surface area contributed by atoms with Gasteiger partial charge in [0.1, 0.15) is 0 Å². The molecule has 2 saturated carbocycles. The lowest BCUT2D eigenvalue weighted by molar-refractivity contribution is 0.237. The summed E-state index contributed by atoms with van der Waals surface area (Å²) in [5, 5.41) is 0. The molecule has 2 aliphatic carbocycles. The molecule has 0 spiro atoms. The minimum Gasteiger partial charge on any atom is -0.330 e. The van der Waals surface area contributed by atoms with Gasteiger partial charge in [-0.1, -0.05) is 6.92 Å². The zero-order chi connectivity index (χ0) is 7.19. The van der Waals surface area contributed by atoms with Gasteiger partial charge in [-0.2, -0.15) is 0 Å². The molecule has 2 fully saturated rings. The molecule has 0 radical (unpaired) electrons. The lowest BCUT2D eigenvalue weighted by atomic mass is 9.80. The van der Waals surface area contributed by atoms with Crippen LogP contribution in [-0.4, -0.2) is 6.54 Å². The van der Waals surface area contributed by atoms with Crippen LogP contribution < -0.4 is 5.73 Å². The molecule has 2 N–H and O–H groups in total. The van der Waals surface area contributed by atoms with Gasteiger partial charge >= 0.3 is 0 Å². The normalized spacial score (nSPS) is 52.2. The molecule has 0 heterocycles. The summed E-state index contributed by atoms with van der Waals surface area (Å²) >= 11 is 0. The predicted molar refractivity (Wildman–Crippen MR) is 42.6 cm³/mol. The average Bonchev–Trinajstić information content (AvgIpc) is 2.46. The number of rotatable bonds is 1. The third kappa shape index (κ3) is 0.619. The maximum atomic E-state index is 5.79. The van der Waals surface area contributed by atoms with Crippen LogP contribution in [-0.2, 0) is 0 Å². The van der Waals surface area contributed by atoms with Crippen molar-refractivity contribution < 1.29 is 0 Å². The van der Waals surface area contributed by atoms with E-state index in [9.17, 15) is 0 Å². The van der Waals surface area contributed by atoms with Crippen molar-refractivity contribution in [3.63, 3.8) is 0 Å². The van der Waals surface area contributed by atoms with Crippen LogP contribution in [0.15, 0.2) is 0 Å². The Morgan fingerprint density at radius 2 is 1.60 bits per heavy atom. The second kappa shape index (κ2) is 1.97. The van der Waals surface area contributed by atoms with E-state index in [4.69, 9.17) is 5.73 Å². The first kappa shape index (κ1) is 6.66. The highest BCUT2D eigenvalue weighted by molar-refractivity contribution is 5.00. The largest absolute Gasteiger partial charge is 0.330 e. The predicted octanol–water partition coefficient (Wildman–Crippen LogP) is 1.77. The van der Waals surface area contributed by atoms with Crippen molar-refractivity contribution in [1.29, 1.82) is 0 Å². The standard InChI is InChI=1S/C9H17N/c1-9(6-10)7-2-3-8(9)5-4-7/h7-8H,2-6,10H2,1H3. The highest BCUT2D eigenvalue weighted by Crippen LogP contribution is 2.56. The SMILES string of the molecule is CC1(CN)C2CCC1CC2. The fraction of sp³-hybridized carbons (Fsp3) is 1.00. The average molecular weight is 139 g/mol. The van der Waals surface area contributed by atoms with Gasteiger partial charge in [0.2, 0.25) is 0 Å². The summed E-state index contributed by atoms with van der Waals surface area (Å²) in [6.45, 7) is 3.31. The van der Waals surface area contributed by atoms with Gasteiger partial charge in [-0.15, -0.1) is 0 Å². The Hall–Kier alpha value is -0.0400. The molecule has 0 saturated heterocycles. The van der Waals surface area contributed by atoms with E-state index in [0.717, 1.165) is 18.4 Å². The molecule has 0 unspecified atom stereocenters. The third-order valence-corrected chi connectivity index (χ3v) is 4.03. The quantitative estimate of drug-likeness (QED) is 0.588. The summed E-state index contributed by atoms with van der Waals surface area (Å²) in [6.07, 6.45) is 5.83. The van der Waals surface area contributed by atoms with E-state index < -0.39 is 0 Å². The number of fused-ring (bicyclic) bond motifs is 2. The minimum atomic E-state index is 0.542. The molecule has 0 aromatic carbocycles. The Labute approximate surface area is 63.0 Å². The molecule has 0 atom stereocenters. The fourth-order valence-electron chi connectivity index (χ4n) is 3.08. The van der Waals surface area contributed by atoms with E-state index in [1.807, 2.05) is 0 Å². The Morgan fingerprint density at radius 1 is 1.20 bits per heavy atom. The van der Waals surface area contributed by atoms with Crippen molar-refractivity contribution in [3.8, 4) is 0 Å². The molecular weight excluding hydrogens is 122 g/mol. The smallest absolute Gasteiger partial charge is 0.00179 e. The zero-order valence-electron chi connectivity index (χ0n) is 6.77. The number of hydrogen-bond acceptors (Lipinski definition) is 1. The third-order valence-electron chi connectivity index (χ3n) is 4.03. The molecule has 58 valence electrons. The molecule has 0 aromatic heterocycles. The molecule has 2 aliphatic rings. The number of nitrogens with two attached hydrogens (primary N) is 1. The first-order valence-electron chi connectivity index (χ1n) is 4.47. The second-order valence-electron chi connectivity index (χ2n) is 4.26. The van der Waals surface area contributed by atoms with Crippen LogP contribution in [0.3, 0.4) is 0 Å². The number of hydrogen-bond donors (Lipinski definition) is 1. The lowest BCUT2D eigenvalue weighted by Crippen LogP contribution is -2.31. The fourth-order valence-corrected chi connectivity index (χ4v) is 3.08. The minimum absolute atomic E-state index is 0.542. The molecule has 0 amide bonds. The van der Waals surface area contributed by atoms with E-state index in [2.05, 4.69) is 6.92 Å². The maximum Gasteiger partial charge on any atom is -0.00179 e. The molecule has 0 aliphatic heterocycles. The molecule has 0 aromatic rings. The van der Waals surface area contributed by atoms with E-state index in [0.29, 0.717) is 5.41 Å². The summed E-state index contributed by atoms with van der Waals surface area (Å²) < 4.78 is 0. The van der Waals surface area contributed by atoms with Crippen molar-refractivity contribution in [3.05, 3.63) is 0 Å². The van der Waals surface area contributed by atoms with Gasteiger partial charge in [-0.05, 0) is 49.5 Å². The summed E-state index contributed by atoms with van der Waals surface area (Å²) in [7, 11) is 0. The monoisotopic (exact) mass is 139 g/mol. The topological polar surface area (TPSA) is 26.0 Å². The van der Waals surface area contributed by atoms with Gasteiger partial charge in [0.25, 0.3) is 0 Å². The van der Waals surface area contributed by atoms with Gasteiger partial charge in [-0.25, -0.2) is 0 Å². The van der Waals surface area contributed by atoms with Crippen LogP contribution >= 0.6 is 0 Å². The highest BCUT2D eigenvalue weighted by Gasteiger charge is 2.49. The summed E-state index contributed by atoms with van der Waals surface area (Å²) in [5.74, 6) is 1.95. The molecule has 2 rings (SSSR count). The summed E-state index contributed by atoms with van der Waals surface area (Å²) in [5.41, 5.74) is 6.33. The van der Waals surface area contributed by atoms with Crippen LogP contribution in [0.5, 0.6) is 0 Å². The molecule has 1 nitrogen and oxygen atoms in total. The van der Waals surface area contributed by atoms with Gasteiger partial charge in [0.15, 0.2) is 0 Å². The van der Waals surface area contributed by atoms with Crippen LogP contribution in [0.4, 0.5) is 0 Å². The molecule has 2 bridgehead atoms. The zero-order valence-corrected chi connectivity index (χ0v) is 6.77. The Kier molecular flexibility index (Phi) is 1.31. The van der Waals surface area contributed by atoms with Crippen LogP contribution in [0, 0.1) is 17.3 Å². The van der Waals surface area contributed by atoms with E-state index in [1.54, 1.807) is 0 Å². The molecule has 1 heteroatoms. The molecular formula is C9H17N. The van der Waals surface area contributed by atoms with Gasteiger partial charge in [0.05, 0.1) is 0 Å². The Bertz CT molecular complexity index is 122. The first-order chi connectivity index (χ1) is 4.77. The van der Waals surface area contributed by atoms with Crippen LogP contribution in [0.1, 0.15) is 32.6 Å². The second-order valence-corrected chi connectivity index (χ2v) is 4.26. The van der Waals surface area contributed by atoms with E-state index in [-0.39, 0.29) is 0 Å². The maximum absolute atomic E-state index is 5.79. The first-order valence-corrected chi connectivity index (χ1v) is 4.47. The van der Waals surface area contributed by atoms with Crippen molar-refractivity contribution in [2.45, 2.75) is 32.6 Å².